The third-order valence-electron chi connectivity index (χ3n) is 12.8. The van der Waals surface area contributed by atoms with Gasteiger partial charge in [0.15, 0.2) is 5.75 Å². The minimum atomic E-state index is -1.03. The minimum absolute atomic E-state index is 0.0514. The van der Waals surface area contributed by atoms with E-state index in [9.17, 15) is 29.7 Å². The summed E-state index contributed by atoms with van der Waals surface area (Å²) in [5, 5.41) is 33.1. The molecule has 8 atom stereocenters. The van der Waals surface area contributed by atoms with Crippen LogP contribution in [0.2, 0.25) is 0 Å². The van der Waals surface area contributed by atoms with Crippen LogP contribution in [0.4, 0.5) is 5.69 Å². The van der Waals surface area contributed by atoms with Gasteiger partial charge in [0, 0.05) is 12.3 Å². The monoisotopic (exact) mass is 652 g/mol. The number of hydrogen-bond acceptors (Lipinski definition) is 7. The van der Waals surface area contributed by atoms with Gasteiger partial charge in [-0.3, -0.25) is 14.4 Å². The standard InChI is InChI=1S/C38H56N2O7/c1-22(2)7-6-18-38(5,47-32(44)15-14-31(43)40-28-11-12-29(42)33(34(28)45)35(39)46)30-13-10-26-25-9-8-23-21-24(41)16-19-36(23,3)27(25)17-20-37(26,30)4/h8,11-12,22,24-27,30,41-42,45H,6-7,9-10,13-21H2,1-5H3,(H2,39,46)(H,40,43). The van der Waals surface area contributed by atoms with E-state index in [-0.39, 0.29) is 41.4 Å². The number of phenols is 2. The number of hydrogen-bond donors (Lipinski definition) is 5. The number of fused-ring (bicyclic) bond motifs is 5. The lowest BCUT2D eigenvalue weighted by Crippen LogP contribution is -2.53. The van der Waals surface area contributed by atoms with Gasteiger partial charge in [0.05, 0.1) is 18.2 Å². The number of nitrogens with one attached hydrogen (secondary N) is 1. The maximum absolute atomic E-state index is 13.5. The molecule has 2 amide bonds. The second kappa shape index (κ2) is 13.4. The molecule has 3 fully saturated rings. The van der Waals surface area contributed by atoms with Crippen molar-refractivity contribution in [3.63, 3.8) is 0 Å². The Bertz CT molecular complexity index is 1410. The van der Waals surface area contributed by atoms with Crippen molar-refractivity contribution in [3.8, 4) is 11.5 Å². The third kappa shape index (κ3) is 6.79. The molecule has 1 aromatic rings. The first-order chi connectivity index (χ1) is 22.1. The molecule has 6 N–H and O–H groups in total. The average molecular weight is 653 g/mol. The Hall–Kier alpha value is -3.07. The van der Waals surface area contributed by atoms with Gasteiger partial charge >= 0.3 is 5.97 Å². The molecule has 9 nitrogen and oxygen atoms in total. The minimum Gasteiger partial charge on any atom is -0.507 e. The van der Waals surface area contributed by atoms with Gasteiger partial charge in [0.1, 0.15) is 16.9 Å². The Labute approximate surface area is 279 Å². The predicted octanol–water partition coefficient (Wildman–Crippen LogP) is 6.98. The summed E-state index contributed by atoms with van der Waals surface area (Å²) >= 11 is 0. The number of aliphatic hydroxyl groups is 1. The molecule has 0 saturated heterocycles. The third-order valence-corrected chi connectivity index (χ3v) is 12.8. The van der Waals surface area contributed by atoms with Crippen LogP contribution in [0.3, 0.4) is 0 Å². The van der Waals surface area contributed by atoms with E-state index in [2.05, 4.69) is 46.0 Å². The number of aliphatic hydroxyl groups excluding tert-OH is 1. The maximum Gasteiger partial charge on any atom is 0.306 e. The van der Waals surface area contributed by atoms with Crippen LogP contribution in [0.5, 0.6) is 11.5 Å². The molecule has 4 aliphatic rings. The zero-order valence-electron chi connectivity index (χ0n) is 28.9. The fraction of sp³-hybridized carbons (Fsp3) is 0.711. The van der Waals surface area contributed by atoms with Crippen LogP contribution in [0, 0.1) is 40.4 Å². The number of rotatable bonds is 11. The first-order valence-corrected chi connectivity index (χ1v) is 17.8. The first kappa shape index (κ1) is 35.2. The molecule has 0 heterocycles. The van der Waals surface area contributed by atoms with E-state index in [4.69, 9.17) is 10.5 Å². The van der Waals surface area contributed by atoms with Crippen LogP contribution in [-0.4, -0.2) is 44.8 Å². The van der Waals surface area contributed by atoms with Crippen molar-refractivity contribution in [1.82, 2.24) is 0 Å². The highest BCUT2D eigenvalue weighted by Gasteiger charge is 2.62. The molecule has 3 saturated carbocycles. The molecule has 0 bridgehead atoms. The van der Waals surface area contributed by atoms with Gasteiger partial charge in [0.2, 0.25) is 5.91 Å². The number of esters is 1. The van der Waals surface area contributed by atoms with E-state index in [1.165, 1.54) is 11.6 Å². The van der Waals surface area contributed by atoms with Crippen LogP contribution in [0.15, 0.2) is 23.8 Å². The Morgan fingerprint density at radius 2 is 1.81 bits per heavy atom. The highest BCUT2D eigenvalue weighted by Crippen LogP contribution is 2.68. The fourth-order valence-corrected chi connectivity index (χ4v) is 10.5. The second-order valence-electron chi connectivity index (χ2n) is 16.2. The molecule has 0 aliphatic heterocycles. The van der Waals surface area contributed by atoms with E-state index in [1.807, 2.05) is 0 Å². The number of ether oxygens (including phenoxy) is 1. The summed E-state index contributed by atoms with van der Waals surface area (Å²) in [5.41, 5.74) is 5.74. The molecular formula is C38H56N2O7. The van der Waals surface area contributed by atoms with Gasteiger partial charge < -0.3 is 31.1 Å². The number of primary amides is 1. The zero-order valence-corrected chi connectivity index (χ0v) is 28.9. The van der Waals surface area contributed by atoms with Gasteiger partial charge in [-0.05, 0) is 118 Å². The Morgan fingerprint density at radius 1 is 1.06 bits per heavy atom. The number of nitrogens with two attached hydrogens (primary N) is 1. The van der Waals surface area contributed by atoms with Gasteiger partial charge in [0.25, 0.3) is 5.91 Å². The van der Waals surface area contributed by atoms with Gasteiger partial charge in [-0.1, -0.05) is 45.8 Å². The molecule has 9 heteroatoms. The van der Waals surface area contributed by atoms with Crippen LogP contribution >= 0.6 is 0 Å². The predicted molar refractivity (Wildman–Crippen MR) is 181 cm³/mol. The molecule has 47 heavy (non-hydrogen) atoms. The maximum atomic E-state index is 13.5. The van der Waals surface area contributed by atoms with E-state index in [0.29, 0.717) is 23.7 Å². The molecule has 0 radical (unpaired) electrons. The van der Waals surface area contributed by atoms with E-state index >= 15 is 0 Å². The number of amides is 2. The van der Waals surface area contributed by atoms with Crippen molar-refractivity contribution in [2.24, 2.45) is 46.2 Å². The number of benzene rings is 1. The van der Waals surface area contributed by atoms with Crippen LogP contribution < -0.4 is 11.1 Å². The molecule has 1 aromatic carbocycles. The van der Waals surface area contributed by atoms with Crippen molar-refractivity contribution in [3.05, 3.63) is 29.3 Å². The average Bonchev–Trinajstić information content (AvgIpc) is 3.36. The summed E-state index contributed by atoms with van der Waals surface area (Å²) in [6.45, 7) is 11.4. The Kier molecular flexibility index (Phi) is 10.1. The number of anilines is 1. The number of carbonyl (C=O) groups excluding carboxylic acids is 3. The number of aromatic hydroxyl groups is 2. The van der Waals surface area contributed by atoms with Crippen molar-refractivity contribution >= 4 is 23.5 Å². The largest absolute Gasteiger partial charge is 0.507 e. The fourth-order valence-electron chi connectivity index (χ4n) is 10.5. The van der Waals surface area contributed by atoms with Crippen LogP contribution in [0.25, 0.3) is 0 Å². The van der Waals surface area contributed by atoms with E-state index in [1.54, 1.807) is 0 Å². The lowest BCUT2D eigenvalue weighted by Gasteiger charge is -2.59. The van der Waals surface area contributed by atoms with Crippen LogP contribution in [-0.2, 0) is 14.3 Å². The second-order valence-corrected chi connectivity index (χ2v) is 16.2. The lowest BCUT2D eigenvalue weighted by atomic mass is 9.46. The number of allylic oxidation sites excluding steroid dienone is 1. The quantitative estimate of drug-likeness (QED) is 0.0746. The van der Waals surface area contributed by atoms with Gasteiger partial charge in [-0.15, -0.1) is 0 Å². The lowest BCUT2D eigenvalue weighted by molar-refractivity contribution is -0.175. The highest BCUT2D eigenvalue weighted by molar-refractivity contribution is 6.02. The van der Waals surface area contributed by atoms with Crippen molar-refractivity contribution < 1.29 is 34.4 Å². The highest BCUT2D eigenvalue weighted by atomic mass is 16.6. The summed E-state index contributed by atoms with van der Waals surface area (Å²) in [5.74, 6) is -0.518. The molecule has 260 valence electrons. The summed E-state index contributed by atoms with van der Waals surface area (Å²) < 4.78 is 6.46. The van der Waals surface area contributed by atoms with Gasteiger partial charge in [-0.25, -0.2) is 0 Å². The molecule has 0 spiro atoms. The molecule has 0 aromatic heterocycles. The smallest absolute Gasteiger partial charge is 0.306 e. The normalized spacial score (nSPS) is 32.7. The first-order valence-electron chi connectivity index (χ1n) is 17.8. The summed E-state index contributed by atoms with van der Waals surface area (Å²) in [7, 11) is 0. The molecule has 4 aliphatic carbocycles. The van der Waals surface area contributed by atoms with E-state index < -0.39 is 40.4 Å². The Balaban J connectivity index is 1.28. The summed E-state index contributed by atoms with van der Waals surface area (Å²) in [6, 6.07) is 2.43. The van der Waals surface area contributed by atoms with Gasteiger partial charge in [-0.2, -0.15) is 0 Å². The van der Waals surface area contributed by atoms with Crippen molar-refractivity contribution in [1.29, 1.82) is 0 Å². The molecule has 5 rings (SSSR count). The number of carbonyl (C=O) groups is 3. The summed E-state index contributed by atoms with van der Waals surface area (Å²) in [6.07, 6.45) is 13.0. The SMILES string of the molecule is CC(C)CCCC(C)(OC(=O)CCC(=O)Nc1ccc(O)c(C(N)=O)c1O)C1CCC2C3CC=C4CC(O)CCC4(C)C3CCC21C. The van der Waals surface area contributed by atoms with Crippen molar-refractivity contribution in [2.75, 3.05) is 5.32 Å². The van der Waals surface area contributed by atoms with Crippen molar-refractivity contribution in [2.45, 2.75) is 130 Å². The molecular weight excluding hydrogens is 596 g/mol. The topological polar surface area (TPSA) is 159 Å². The molecule has 8 unspecified atom stereocenters. The van der Waals surface area contributed by atoms with E-state index in [0.717, 1.165) is 76.7 Å². The van der Waals surface area contributed by atoms with Crippen LogP contribution in [0.1, 0.15) is 128 Å². The Morgan fingerprint density at radius 3 is 2.51 bits per heavy atom. The summed E-state index contributed by atoms with van der Waals surface area (Å²) in [4.78, 5) is 37.9. The zero-order chi connectivity index (χ0) is 34.3.